The standard InChI is InChI=1S/C15H17N3O/c1-11-5-3-4-6-12(11)10-18(2)15(19)14-9-13(16)7-8-17-14/h3-9H,10H2,1-2H3,(H2,16,17). The Morgan fingerprint density at radius 3 is 2.74 bits per heavy atom. The topological polar surface area (TPSA) is 59.2 Å². The minimum absolute atomic E-state index is 0.129. The first kappa shape index (κ1) is 13.1. The Morgan fingerprint density at radius 1 is 1.32 bits per heavy atom. The van der Waals surface area contributed by atoms with Crippen molar-refractivity contribution in [3.63, 3.8) is 0 Å². The summed E-state index contributed by atoms with van der Waals surface area (Å²) in [6, 6.07) is 11.3. The normalized spacial score (nSPS) is 10.2. The maximum Gasteiger partial charge on any atom is 0.272 e. The molecule has 0 radical (unpaired) electrons. The predicted octanol–water partition coefficient (Wildman–Crippen LogP) is 2.24. The summed E-state index contributed by atoms with van der Waals surface area (Å²) < 4.78 is 0. The smallest absolute Gasteiger partial charge is 0.272 e. The predicted molar refractivity (Wildman–Crippen MR) is 75.6 cm³/mol. The van der Waals surface area contributed by atoms with E-state index in [0.29, 0.717) is 17.9 Å². The number of nitrogens with zero attached hydrogens (tertiary/aromatic N) is 2. The van der Waals surface area contributed by atoms with Gasteiger partial charge in [-0.2, -0.15) is 0 Å². The van der Waals surface area contributed by atoms with Gasteiger partial charge in [0.05, 0.1) is 0 Å². The molecular formula is C15H17N3O. The van der Waals surface area contributed by atoms with Gasteiger partial charge in [0.1, 0.15) is 5.69 Å². The Hall–Kier alpha value is -2.36. The van der Waals surface area contributed by atoms with Crippen molar-refractivity contribution < 1.29 is 4.79 Å². The number of hydrogen-bond donors (Lipinski definition) is 1. The Bertz CT molecular complexity index is 595. The van der Waals surface area contributed by atoms with Gasteiger partial charge in [0.2, 0.25) is 0 Å². The van der Waals surface area contributed by atoms with Crippen LogP contribution in [0, 0.1) is 6.92 Å². The van der Waals surface area contributed by atoms with Crippen LogP contribution in [0.4, 0.5) is 5.69 Å². The number of carbonyl (C=O) groups excluding carboxylic acids is 1. The molecule has 0 saturated heterocycles. The fourth-order valence-corrected chi connectivity index (χ4v) is 1.87. The van der Waals surface area contributed by atoms with Crippen LogP contribution in [0.15, 0.2) is 42.6 Å². The van der Waals surface area contributed by atoms with E-state index in [2.05, 4.69) is 4.98 Å². The maximum absolute atomic E-state index is 12.2. The van der Waals surface area contributed by atoms with Gasteiger partial charge in [-0.05, 0) is 30.2 Å². The zero-order chi connectivity index (χ0) is 13.8. The SMILES string of the molecule is Cc1ccccc1CN(C)C(=O)c1cc(N)ccn1. The first-order valence-corrected chi connectivity index (χ1v) is 6.09. The van der Waals surface area contributed by atoms with Gasteiger partial charge >= 0.3 is 0 Å². The number of pyridine rings is 1. The first-order chi connectivity index (χ1) is 9.08. The molecule has 2 N–H and O–H groups in total. The van der Waals surface area contributed by atoms with Crippen molar-refractivity contribution >= 4 is 11.6 Å². The van der Waals surface area contributed by atoms with E-state index >= 15 is 0 Å². The summed E-state index contributed by atoms with van der Waals surface area (Å²) in [4.78, 5) is 17.9. The Balaban J connectivity index is 2.14. The highest BCUT2D eigenvalue weighted by atomic mass is 16.2. The van der Waals surface area contributed by atoms with Crippen LogP contribution in [0.1, 0.15) is 21.6 Å². The molecule has 1 heterocycles. The summed E-state index contributed by atoms with van der Waals surface area (Å²) in [5.74, 6) is -0.129. The third-order valence-electron chi connectivity index (χ3n) is 3.02. The first-order valence-electron chi connectivity index (χ1n) is 6.09. The molecule has 2 rings (SSSR count). The molecule has 0 atom stereocenters. The molecule has 0 fully saturated rings. The number of benzene rings is 1. The zero-order valence-corrected chi connectivity index (χ0v) is 11.1. The van der Waals surface area contributed by atoms with Crippen LogP contribution < -0.4 is 5.73 Å². The van der Waals surface area contributed by atoms with Crippen molar-refractivity contribution in [2.75, 3.05) is 12.8 Å². The highest BCUT2D eigenvalue weighted by Crippen LogP contribution is 2.12. The van der Waals surface area contributed by atoms with Gasteiger partial charge in [-0.25, -0.2) is 0 Å². The van der Waals surface area contributed by atoms with E-state index in [1.54, 1.807) is 30.3 Å². The van der Waals surface area contributed by atoms with Crippen LogP contribution in [0.25, 0.3) is 0 Å². The monoisotopic (exact) mass is 255 g/mol. The molecular weight excluding hydrogens is 238 g/mol. The van der Waals surface area contributed by atoms with Crippen molar-refractivity contribution in [1.82, 2.24) is 9.88 Å². The molecule has 0 bridgehead atoms. The second kappa shape index (κ2) is 5.52. The van der Waals surface area contributed by atoms with Crippen LogP contribution in [-0.2, 0) is 6.54 Å². The Labute approximate surface area is 112 Å². The average Bonchev–Trinajstić information content (AvgIpc) is 2.40. The van der Waals surface area contributed by atoms with Gasteiger partial charge in [-0.1, -0.05) is 24.3 Å². The molecule has 1 aromatic carbocycles. The number of carbonyl (C=O) groups is 1. The molecule has 2 aromatic rings. The largest absolute Gasteiger partial charge is 0.399 e. The number of anilines is 1. The van der Waals surface area contributed by atoms with Crippen LogP contribution in [0.3, 0.4) is 0 Å². The summed E-state index contributed by atoms with van der Waals surface area (Å²) in [7, 11) is 1.76. The molecule has 0 spiro atoms. The second-order valence-electron chi connectivity index (χ2n) is 4.56. The summed E-state index contributed by atoms with van der Waals surface area (Å²) >= 11 is 0. The van der Waals surface area contributed by atoms with Crippen molar-refractivity contribution in [3.05, 3.63) is 59.4 Å². The lowest BCUT2D eigenvalue weighted by Crippen LogP contribution is -2.27. The lowest BCUT2D eigenvalue weighted by Gasteiger charge is -2.18. The maximum atomic E-state index is 12.2. The molecule has 1 amide bonds. The van der Waals surface area contributed by atoms with Crippen molar-refractivity contribution in [3.8, 4) is 0 Å². The van der Waals surface area contributed by atoms with Gasteiger partial charge in [0, 0.05) is 25.5 Å². The minimum Gasteiger partial charge on any atom is -0.399 e. The molecule has 0 aliphatic carbocycles. The van der Waals surface area contributed by atoms with E-state index in [9.17, 15) is 4.79 Å². The number of amides is 1. The average molecular weight is 255 g/mol. The minimum atomic E-state index is -0.129. The van der Waals surface area contributed by atoms with Gasteiger partial charge in [-0.15, -0.1) is 0 Å². The van der Waals surface area contributed by atoms with Gasteiger partial charge < -0.3 is 10.6 Å². The van der Waals surface area contributed by atoms with E-state index in [0.717, 1.165) is 5.56 Å². The van der Waals surface area contributed by atoms with Crippen molar-refractivity contribution in [2.24, 2.45) is 0 Å². The van der Waals surface area contributed by atoms with E-state index in [1.807, 2.05) is 31.2 Å². The number of nitrogens with two attached hydrogens (primary N) is 1. The summed E-state index contributed by atoms with van der Waals surface area (Å²) in [5, 5.41) is 0. The number of aryl methyl sites for hydroxylation is 1. The fraction of sp³-hybridized carbons (Fsp3) is 0.200. The van der Waals surface area contributed by atoms with Gasteiger partial charge in [-0.3, -0.25) is 9.78 Å². The highest BCUT2D eigenvalue weighted by Gasteiger charge is 2.14. The number of hydrogen-bond acceptors (Lipinski definition) is 3. The molecule has 19 heavy (non-hydrogen) atoms. The van der Waals surface area contributed by atoms with Crippen LogP contribution in [0.5, 0.6) is 0 Å². The third-order valence-corrected chi connectivity index (χ3v) is 3.02. The van der Waals surface area contributed by atoms with Crippen LogP contribution >= 0.6 is 0 Å². The number of nitrogen functional groups attached to an aromatic ring is 1. The van der Waals surface area contributed by atoms with Gasteiger partial charge in [0.15, 0.2) is 0 Å². The number of rotatable bonds is 3. The fourth-order valence-electron chi connectivity index (χ4n) is 1.87. The summed E-state index contributed by atoms with van der Waals surface area (Å²) in [6.07, 6.45) is 1.55. The van der Waals surface area contributed by atoms with E-state index in [1.165, 1.54) is 5.56 Å². The molecule has 0 saturated carbocycles. The third kappa shape index (κ3) is 3.10. The molecule has 98 valence electrons. The molecule has 0 aliphatic rings. The summed E-state index contributed by atoms with van der Waals surface area (Å²) in [5.41, 5.74) is 8.87. The lowest BCUT2D eigenvalue weighted by atomic mass is 10.1. The molecule has 4 nitrogen and oxygen atoms in total. The molecule has 0 aliphatic heterocycles. The second-order valence-corrected chi connectivity index (χ2v) is 4.56. The van der Waals surface area contributed by atoms with Crippen molar-refractivity contribution in [1.29, 1.82) is 0 Å². The van der Waals surface area contributed by atoms with Crippen LogP contribution in [-0.4, -0.2) is 22.8 Å². The quantitative estimate of drug-likeness (QED) is 0.915. The highest BCUT2D eigenvalue weighted by molar-refractivity contribution is 5.92. The molecule has 0 unspecified atom stereocenters. The Morgan fingerprint density at radius 2 is 2.05 bits per heavy atom. The molecule has 1 aromatic heterocycles. The van der Waals surface area contributed by atoms with Crippen molar-refractivity contribution in [2.45, 2.75) is 13.5 Å². The number of aromatic nitrogens is 1. The van der Waals surface area contributed by atoms with E-state index in [4.69, 9.17) is 5.73 Å². The van der Waals surface area contributed by atoms with Crippen LogP contribution in [0.2, 0.25) is 0 Å². The Kier molecular flexibility index (Phi) is 3.80. The lowest BCUT2D eigenvalue weighted by molar-refractivity contribution is 0.0779. The summed E-state index contributed by atoms with van der Waals surface area (Å²) in [6.45, 7) is 2.59. The molecule has 4 heteroatoms. The zero-order valence-electron chi connectivity index (χ0n) is 11.1. The van der Waals surface area contributed by atoms with Gasteiger partial charge in [0.25, 0.3) is 5.91 Å². The van der Waals surface area contributed by atoms with E-state index < -0.39 is 0 Å². The van der Waals surface area contributed by atoms with E-state index in [-0.39, 0.29) is 5.91 Å².